The number of hydrogen-bond donors (Lipinski definition) is 0. The third-order valence-corrected chi connectivity index (χ3v) is 3.09. The predicted molar refractivity (Wildman–Crippen MR) is 72.9 cm³/mol. The Bertz CT molecular complexity index is 541. The number of aryl methyl sites for hydroxylation is 2. The molecule has 0 spiro atoms. The van der Waals surface area contributed by atoms with Gasteiger partial charge in [-0.05, 0) is 37.1 Å². The normalized spacial score (nSPS) is 9.84. The maximum atomic E-state index is 12.5. The van der Waals surface area contributed by atoms with Gasteiger partial charge >= 0.3 is 0 Å². The maximum Gasteiger partial charge on any atom is 0.166 e. The van der Waals surface area contributed by atoms with Gasteiger partial charge in [0.05, 0.1) is 6.20 Å². The van der Waals surface area contributed by atoms with Crippen molar-refractivity contribution in [1.29, 1.82) is 0 Å². The average molecular weight is 326 g/mol. The summed E-state index contributed by atoms with van der Waals surface area (Å²) in [6.07, 6.45) is 1.09. The molecule has 0 aliphatic heterocycles. The van der Waals surface area contributed by atoms with E-state index in [1.54, 1.807) is 13.8 Å². The lowest BCUT2D eigenvalue weighted by Gasteiger charge is -1.96. The van der Waals surface area contributed by atoms with Gasteiger partial charge in [-0.1, -0.05) is 34.8 Å². The van der Waals surface area contributed by atoms with E-state index in [0.717, 1.165) is 6.20 Å². The topological polar surface area (TPSA) is 25.8 Å². The van der Waals surface area contributed by atoms with Crippen LogP contribution in [0.3, 0.4) is 0 Å². The molecule has 2 heterocycles. The van der Waals surface area contributed by atoms with Gasteiger partial charge < -0.3 is 0 Å². The summed E-state index contributed by atoms with van der Waals surface area (Å²) in [5.41, 5.74) is 1.25. The summed E-state index contributed by atoms with van der Waals surface area (Å²) >= 11 is 16.3. The minimum absolute atomic E-state index is 0.185. The van der Waals surface area contributed by atoms with Crippen LogP contribution in [-0.4, -0.2) is 9.97 Å². The van der Waals surface area contributed by atoms with Gasteiger partial charge in [-0.3, -0.25) is 0 Å². The Morgan fingerprint density at radius 3 is 1.95 bits per heavy atom. The summed E-state index contributed by atoms with van der Waals surface area (Å²) in [6, 6.07) is 2.59. The lowest BCUT2D eigenvalue weighted by Crippen LogP contribution is -1.86. The summed E-state index contributed by atoms with van der Waals surface area (Å²) in [4.78, 5) is 7.10. The molecule has 102 valence electrons. The van der Waals surface area contributed by atoms with Crippen molar-refractivity contribution in [2.75, 3.05) is 0 Å². The highest BCUT2D eigenvalue weighted by Crippen LogP contribution is 2.18. The SMILES string of the molecule is Cc1cc(F)c(Cl)nc1Cl.Cc1cc(F)cnc1Cl. The summed E-state index contributed by atoms with van der Waals surface area (Å²) in [5.74, 6) is -0.888. The zero-order valence-electron chi connectivity index (χ0n) is 10.0. The van der Waals surface area contributed by atoms with Crippen LogP contribution in [0.5, 0.6) is 0 Å². The molecule has 0 radical (unpaired) electrons. The molecule has 0 atom stereocenters. The third-order valence-electron chi connectivity index (χ3n) is 2.04. The highest BCUT2D eigenvalue weighted by Gasteiger charge is 2.03. The molecule has 0 aliphatic rings. The Morgan fingerprint density at radius 2 is 1.47 bits per heavy atom. The molecule has 2 rings (SSSR count). The first-order valence-corrected chi connectivity index (χ1v) is 6.20. The summed E-state index contributed by atoms with van der Waals surface area (Å²) in [6.45, 7) is 3.37. The monoisotopic (exact) mass is 324 g/mol. The molecule has 0 aromatic carbocycles. The van der Waals surface area contributed by atoms with Gasteiger partial charge in [-0.15, -0.1) is 0 Å². The quantitative estimate of drug-likeness (QED) is 0.636. The fourth-order valence-corrected chi connectivity index (χ4v) is 1.49. The highest BCUT2D eigenvalue weighted by atomic mass is 35.5. The molecule has 7 heteroatoms. The first kappa shape index (κ1) is 16.1. The van der Waals surface area contributed by atoms with Crippen molar-refractivity contribution in [2.45, 2.75) is 13.8 Å². The number of aromatic nitrogens is 2. The van der Waals surface area contributed by atoms with Crippen LogP contribution >= 0.6 is 34.8 Å². The maximum absolute atomic E-state index is 12.5. The average Bonchev–Trinajstić information content (AvgIpc) is 2.33. The van der Waals surface area contributed by atoms with E-state index in [2.05, 4.69) is 9.97 Å². The van der Waals surface area contributed by atoms with Gasteiger partial charge in [0.25, 0.3) is 0 Å². The first-order valence-electron chi connectivity index (χ1n) is 5.07. The van der Waals surface area contributed by atoms with Crippen LogP contribution in [0.4, 0.5) is 8.78 Å². The van der Waals surface area contributed by atoms with E-state index < -0.39 is 5.82 Å². The van der Waals surface area contributed by atoms with Crippen LogP contribution in [0.1, 0.15) is 11.1 Å². The van der Waals surface area contributed by atoms with Gasteiger partial charge in [0.1, 0.15) is 16.1 Å². The Balaban J connectivity index is 0.000000191. The molecule has 0 amide bonds. The second-order valence-corrected chi connectivity index (χ2v) is 4.70. The summed E-state index contributed by atoms with van der Waals surface area (Å²) < 4.78 is 24.7. The molecule has 0 saturated heterocycles. The van der Waals surface area contributed by atoms with E-state index in [9.17, 15) is 8.78 Å². The number of pyridine rings is 2. The zero-order valence-corrected chi connectivity index (χ0v) is 12.3. The second-order valence-electron chi connectivity index (χ2n) is 3.63. The van der Waals surface area contributed by atoms with E-state index in [0.29, 0.717) is 16.3 Å². The van der Waals surface area contributed by atoms with Gasteiger partial charge in [0.15, 0.2) is 11.0 Å². The molecule has 2 nitrogen and oxygen atoms in total. The number of nitrogens with zero attached hydrogens (tertiary/aromatic N) is 2. The Morgan fingerprint density at radius 1 is 0.895 bits per heavy atom. The van der Waals surface area contributed by atoms with Crippen LogP contribution in [0.2, 0.25) is 15.5 Å². The number of rotatable bonds is 0. The van der Waals surface area contributed by atoms with E-state index in [1.165, 1.54) is 12.1 Å². The van der Waals surface area contributed by atoms with Gasteiger partial charge in [-0.2, -0.15) is 0 Å². The van der Waals surface area contributed by atoms with Crippen molar-refractivity contribution < 1.29 is 8.78 Å². The fraction of sp³-hybridized carbons (Fsp3) is 0.167. The van der Waals surface area contributed by atoms with Crippen LogP contribution in [0, 0.1) is 25.5 Å². The molecule has 19 heavy (non-hydrogen) atoms. The van der Waals surface area contributed by atoms with E-state index in [1.807, 2.05) is 0 Å². The molecule has 0 N–H and O–H groups in total. The molecule has 2 aromatic heterocycles. The molecule has 0 saturated carbocycles. The largest absolute Gasteiger partial charge is 0.241 e. The lowest BCUT2D eigenvalue weighted by molar-refractivity contribution is 0.620. The van der Waals surface area contributed by atoms with E-state index in [-0.39, 0.29) is 16.1 Å². The minimum atomic E-state index is -0.538. The molecular weight excluding hydrogens is 317 g/mol. The highest BCUT2D eigenvalue weighted by molar-refractivity contribution is 6.32. The first-order chi connectivity index (χ1) is 8.81. The van der Waals surface area contributed by atoms with Crippen LogP contribution in [-0.2, 0) is 0 Å². The van der Waals surface area contributed by atoms with E-state index in [4.69, 9.17) is 34.8 Å². The Kier molecular flexibility index (Phi) is 5.91. The summed E-state index contributed by atoms with van der Waals surface area (Å²) in [7, 11) is 0. The lowest BCUT2D eigenvalue weighted by atomic mass is 10.3. The zero-order chi connectivity index (χ0) is 14.6. The molecule has 0 unspecified atom stereocenters. The minimum Gasteiger partial charge on any atom is -0.241 e. The van der Waals surface area contributed by atoms with Crippen molar-refractivity contribution in [2.24, 2.45) is 0 Å². The summed E-state index contributed by atoms with van der Waals surface area (Å²) in [5, 5.41) is 0.415. The van der Waals surface area contributed by atoms with Gasteiger partial charge in [0, 0.05) is 0 Å². The molecule has 2 aromatic rings. The van der Waals surface area contributed by atoms with Crippen molar-refractivity contribution >= 4 is 34.8 Å². The molecule has 0 fully saturated rings. The molecular formula is C12H9Cl3F2N2. The predicted octanol–water partition coefficient (Wildman–Crippen LogP) is 5.02. The van der Waals surface area contributed by atoms with Crippen molar-refractivity contribution in [1.82, 2.24) is 9.97 Å². The van der Waals surface area contributed by atoms with Crippen molar-refractivity contribution in [3.63, 3.8) is 0 Å². The van der Waals surface area contributed by atoms with Crippen molar-refractivity contribution in [3.05, 3.63) is 56.6 Å². The second kappa shape index (κ2) is 6.98. The fourth-order valence-electron chi connectivity index (χ4n) is 1.06. The Hall–Kier alpha value is -0.970. The smallest absolute Gasteiger partial charge is 0.166 e. The van der Waals surface area contributed by atoms with Crippen LogP contribution in [0.25, 0.3) is 0 Å². The van der Waals surface area contributed by atoms with Crippen LogP contribution in [0.15, 0.2) is 18.3 Å². The van der Waals surface area contributed by atoms with Gasteiger partial charge in [-0.25, -0.2) is 18.7 Å². The van der Waals surface area contributed by atoms with E-state index >= 15 is 0 Å². The standard InChI is InChI=1S/C6H4Cl2FN.C6H5ClFN/c1-3-2-4(9)6(8)10-5(3)7;1-4-2-5(8)3-9-6(4)7/h2H,1H3;2-3H,1H3. The number of hydrogen-bond acceptors (Lipinski definition) is 2. The Labute approximate surface area is 124 Å². The van der Waals surface area contributed by atoms with Crippen molar-refractivity contribution in [3.8, 4) is 0 Å². The number of halogens is 5. The molecule has 0 bridgehead atoms. The van der Waals surface area contributed by atoms with Crippen LogP contribution < -0.4 is 0 Å². The van der Waals surface area contributed by atoms with Gasteiger partial charge in [0.2, 0.25) is 0 Å². The third kappa shape index (κ3) is 4.90. The molecule has 0 aliphatic carbocycles.